The third-order valence-corrected chi connectivity index (χ3v) is 7.10. The first-order valence-corrected chi connectivity index (χ1v) is 12.6. The number of esters is 1. The van der Waals surface area contributed by atoms with E-state index in [4.69, 9.17) is 42.2 Å². The van der Waals surface area contributed by atoms with Crippen LogP contribution < -0.4 is 9.47 Å². The van der Waals surface area contributed by atoms with E-state index in [0.717, 1.165) is 21.3 Å². The van der Waals surface area contributed by atoms with Gasteiger partial charge in [0, 0.05) is 27.0 Å². The minimum Gasteiger partial charge on any atom is -0.463 e. The van der Waals surface area contributed by atoms with Crippen molar-refractivity contribution in [2.45, 2.75) is 18.7 Å². The number of hydrogen-bond donors (Lipinski definition) is 0. The second-order valence-corrected chi connectivity index (χ2v) is 10.1. The summed E-state index contributed by atoms with van der Waals surface area (Å²) < 4.78 is 18.4. The van der Waals surface area contributed by atoms with Crippen LogP contribution in [0, 0.1) is 0 Å². The van der Waals surface area contributed by atoms with E-state index in [1.54, 1.807) is 48.7 Å². The first-order chi connectivity index (χ1) is 17.5. The number of hydrogen-bond acceptors (Lipinski definition) is 6. The average Bonchev–Trinajstić information content (AvgIpc) is 3.55. The van der Waals surface area contributed by atoms with E-state index >= 15 is 0 Å². The summed E-state index contributed by atoms with van der Waals surface area (Å²) in [6, 6.07) is 21.3. The normalized spacial score (nSPS) is 18.2. The van der Waals surface area contributed by atoms with Gasteiger partial charge in [-0.2, -0.15) is 5.10 Å². The highest BCUT2D eigenvalue weighted by Crippen LogP contribution is 2.50. The molecule has 0 saturated carbocycles. The summed E-state index contributed by atoms with van der Waals surface area (Å²) in [4.78, 5) is 12.5. The zero-order valence-corrected chi connectivity index (χ0v) is 21.6. The minimum atomic E-state index is -0.551. The molecule has 2 aliphatic heterocycles. The SMILES string of the molecule is O=C(Oc1ccc([C@H]2Oc3c(Cl)cc(Cl)cc3[C@H]3CC(c4ccco4)=NN32)cc1)c1ccc(Br)cc1. The Hall–Kier alpha value is -3.26. The number of carbonyl (C=O) groups is 1. The standard InChI is InChI=1S/C27H17BrCl2N2O4/c28-17-7-3-16(4-8-17)27(33)35-19-9-5-15(6-10-19)26-32-23(14-22(31-32)24-2-1-11-34-24)20-12-18(29)13-21(30)25(20)36-26/h1-13,23,26H,14H2/t23-,26-/m1/s1. The van der Waals surface area contributed by atoms with E-state index in [1.807, 2.05) is 35.3 Å². The fourth-order valence-corrected chi connectivity index (χ4v) is 5.20. The molecule has 0 spiro atoms. The van der Waals surface area contributed by atoms with Crippen LogP contribution in [0.25, 0.3) is 0 Å². The number of fused-ring (bicyclic) bond motifs is 3. The summed E-state index contributed by atoms with van der Waals surface area (Å²) in [5.41, 5.74) is 2.96. The lowest BCUT2D eigenvalue weighted by atomic mass is 9.97. The first kappa shape index (κ1) is 23.2. The summed E-state index contributed by atoms with van der Waals surface area (Å²) in [5, 5.41) is 7.71. The fraction of sp³-hybridized carbons (Fsp3) is 0.111. The van der Waals surface area contributed by atoms with Gasteiger partial charge in [0.15, 0.2) is 0 Å². The molecule has 36 heavy (non-hydrogen) atoms. The maximum absolute atomic E-state index is 12.5. The lowest BCUT2D eigenvalue weighted by Gasteiger charge is -2.38. The van der Waals surface area contributed by atoms with Crippen molar-refractivity contribution in [3.8, 4) is 11.5 Å². The second-order valence-electron chi connectivity index (χ2n) is 8.37. The summed E-state index contributed by atoms with van der Waals surface area (Å²) in [7, 11) is 0. The van der Waals surface area contributed by atoms with Crippen LogP contribution in [0.3, 0.4) is 0 Å². The number of halogens is 3. The molecule has 9 heteroatoms. The highest BCUT2D eigenvalue weighted by Gasteiger charge is 2.42. The quantitative estimate of drug-likeness (QED) is 0.181. The van der Waals surface area contributed by atoms with Gasteiger partial charge in [0.1, 0.15) is 23.0 Å². The fourth-order valence-electron chi connectivity index (χ4n) is 4.38. The lowest BCUT2D eigenvalue weighted by Crippen LogP contribution is -2.33. The number of rotatable bonds is 4. The zero-order chi connectivity index (χ0) is 24.8. The monoisotopic (exact) mass is 582 g/mol. The van der Waals surface area contributed by atoms with Crippen LogP contribution in [0.2, 0.25) is 10.0 Å². The predicted molar refractivity (Wildman–Crippen MR) is 140 cm³/mol. The Morgan fingerprint density at radius 2 is 1.83 bits per heavy atom. The number of furan rings is 1. The maximum atomic E-state index is 12.5. The van der Waals surface area contributed by atoms with Gasteiger partial charge in [-0.1, -0.05) is 39.1 Å². The number of ether oxygens (including phenoxy) is 2. The molecule has 3 aromatic carbocycles. The van der Waals surface area contributed by atoms with Gasteiger partial charge in [-0.05, 0) is 72.8 Å². The van der Waals surface area contributed by atoms with E-state index in [1.165, 1.54) is 0 Å². The summed E-state index contributed by atoms with van der Waals surface area (Å²) in [6.45, 7) is 0. The molecular formula is C27H17BrCl2N2O4. The van der Waals surface area contributed by atoms with Crippen molar-refractivity contribution in [2.75, 3.05) is 0 Å². The molecule has 0 amide bonds. The molecule has 0 bridgehead atoms. The molecule has 0 N–H and O–H groups in total. The Labute approximate surface area is 225 Å². The molecule has 0 aliphatic carbocycles. The van der Waals surface area contributed by atoms with Crippen molar-refractivity contribution in [1.82, 2.24) is 5.01 Å². The van der Waals surface area contributed by atoms with Gasteiger partial charge >= 0.3 is 5.97 Å². The van der Waals surface area contributed by atoms with Gasteiger partial charge in [-0.3, -0.25) is 0 Å². The van der Waals surface area contributed by atoms with Crippen LogP contribution in [-0.2, 0) is 0 Å². The second kappa shape index (κ2) is 9.32. The van der Waals surface area contributed by atoms with Crippen LogP contribution >= 0.6 is 39.1 Å². The molecule has 180 valence electrons. The lowest BCUT2D eigenvalue weighted by molar-refractivity contribution is -0.0189. The molecular weight excluding hydrogens is 567 g/mol. The first-order valence-electron chi connectivity index (χ1n) is 11.1. The smallest absolute Gasteiger partial charge is 0.343 e. The van der Waals surface area contributed by atoms with E-state index in [9.17, 15) is 4.79 Å². The molecule has 3 heterocycles. The summed E-state index contributed by atoms with van der Waals surface area (Å²) in [5.74, 6) is 1.27. The van der Waals surface area contributed by atoms with Crippen LogP contribution in [0.5, 0.6) is 11.5 Å². The highest BCUT2D eigenvalue weighted by atomic mass is 79.9. The number of benzene rings is 3. The van der Waals surface area contributed by atoms with Gasteiger partial charge in [-0.15, -0.1) is 0 Å². The molecule has 0 fully saturated rings. The van der Waals surface area contributed by atoms with Crippen molar-refractivity contribution >= 4 is 50.8 Å². The molecule has 6 rings (SSSR count). The van der Waals surface area contributed by atoms with Gasteiger partial charge in [0.25, 0.3) is 0 Å². The van der Waals surface area contributed by atoms with Crippen molar-refractivity contribution in [3.05, 3.63) is 116 Å². The summed E-state index contributed by atoms with van der Waals surface area (Å²) >= 11 is 16.2. The molecule has 0 radical (unpaired) electrons. The largest absolute Gasteiger partial charge is 0.463 e. The van der Waals surface area contributed by atoms with E-state index < -0.39 is 12.2 Å². The molecule has 1 aromatic heterocycles. The van der Waals surface area contributed by atoms with Crippen molar-refractivity contribution in [3.63, 3.8) is 0 Å². The Morgan fingerprint density at radius 1 is 1.06 bits per heavy atom. The molecule has 4 aromatic rings. The summed E-state index contributed by atoms with van der Waals surface area (Å²) in [6.07, 6.45) is 1.68. The molecule has 0 unspecified atom stereocenters. The molecule has 2 aliphatic rings. The van der Waals surface area contributed by atoms with E-state index in [0.29, 0.717) is 39.3 Å². The molecule has 0 saturated heterocycles. The predicted octanol–water partition coefficient (Wildman–Crippen LogP) is 7.81. The van der Waals surface area contributed by atoms with Crippen molar-refractivity contribution in [2.24, 2.45) is 5.10 Å². The van der Waals surface area contributed by atoms with Crippen LogP contribution in [0.1, 0.15) is 45.9 Å². The van der Waals surface area contributed by atoms with Crippen LogP contribution in [0.4, 0.5) is 0 Å². The van der Waals surface area contributed by atoms with Crippen molar-refractivity contribution < 1.29 is 18.7 Å². The van der Waals surface area contributed by atoms with Gasteiger partial charge in [0.05, 0.1) is 22.9 Å². The van der Waals surface area contributed by atoms with E-state index in [-0.39, 0.29) is 6.04 Å². The van der Waals surface area contributed by atoms with Crippen LogP contribution in [-0.4, -0.2) is 16.7 Å². The molecule has 6 nitrogen and oxygen atoms in total. The van der Waals surface area contributed by atoms with Gasteiger partial charge < -0.3 is 13.9 Å². The molecule has 2 atom stereocenters. The number of hydrazone groups is 1. The average molecular weight is 584 g/mol. The van der Waals surface area contributed by atoms with Crippen LogP contribution in [0.15, 0.2) is 93.1 Å². The van der Waals surface area contributed by atoms with Gasteiger partial charge in [0.2, 0.25) is 6.23 Å². The number of carbonyl (C=O) groups excluding carboxylic acids is 1. The minimum absolute atomic E-state index is 0.134. The third kappa shape index (κ3) is 4.28. The Morgan fingerprint density at radius 3 is 2.56 bits per heavy atom. The number of nitrogens with zero attached hydrogens (tertiary/aromatic N) is 2. The van der Waals surface area contributed by atoms with E-state index in [2.05, 4.69) is 15.9 Å². The van der Waals surface area contributed by atoms with Crippen molar-refractivity contribution in [1.29, 1.82) is 0 Å². The topological polar surface area (TPSA) is 64.3 Å². The third-order valence-electron chi connectivity index (χ3n) is 6.07. The zero-order valence-electron chi connectivity index (χ0n) is 18.5. The maximum Gasteiger partial charge on any atom is 0.343 e. The Kier molecular flexibility index (Phi) is 5.99. The Bertz CT molecular complexity index is 1470. The van der Waals surface area contributed by atoms with Gasteiger partial charge in [-0.25, -0.2) is 9.80 Å². The Balaban J connectivity index is 1.31. The highest BCUT2D eigenvalue weighted by molar-refractivity contribution is 9.10.